The van der Waals surface area contributed by atoms with Crippen molar-refractivity contribution in [1.82, 2.24) is 25.3 Å². The van der Waals surface area contributed by atoms with Gasteiger partial charge in [-0.1, -0.05) is 12.8 Å². The molecule has 1 saturated heterocycles. The van der Waals surface area contributed by atoms with E-state index in [9.17, 15) is 9.59 Å². The molecule has 1 aliphatic heterocycles. The molecule has 0 saturated carbocycles. The van der Waals surface area contributed by atoms with E-state index >= 15 is 0 Å². The highest BCUT2D eigenvalue weighted by Gasteiger charge is 2.20. The van der Waals surface area contributed by atoms with Gasteiger partial charge in [0.25, 0.3) is 0 Å². The van der Waals surface area contributed by atoms with E-state index in [2.05, 4.69) is 15.7 Å². The first kappa shape index (κ1) is 20.4. The van der Waals surface area contributed by atoms with E-state index in [4.69, 9.17) is 0 Å². The Morgan fingerprint density at radius 2 is 1.92 bits per heavy atom. The van der Waals surface area contributed by atoms with Crippen molar-refractivity contribution in [3.05, 3.63) is 18.0 Å². The van der Waals surface area contributed by atoms with Gasteiger partial charge in [-0.2, -0.15) is 5.10 Å². The SMILES string of the molecule is CNC(C(=O)NCCC(=O)N1CCCCCC1)c1cnn(C)c1.Cl. The Morgan fingerprint density at radius 1 is 1.25 bits per heavy atom. The summed E-state index contributed by atoms with van der Waals surface area (Å²) in [7, 11) is 3.55. The number of amides is 2. The molecule has 2 N–H and O–H groups in total. The molecule has 1 atom stereocenters. The standard InChI is InChI=1S/C16H27N5O2.ClH/c1-17-15(13-11-19-20(2)12-13)16(23)18-8-7-14(22)21-9-5-3-4-6-10-21;/h11-12,15,17H,3-10H2,1-2H3,(H,18,23);1H. The Labute approximate surface area is 149 Å². The highest BCUT2D eigenvalue weighted by atomic mass is 35.5. The molecule has 0 spiro atoms. The van der Waals surface area contributed by atoms with Crippen molar-refractivity contribution in [1.29, 1.82) is 0 Å². The van der Waals surface area contributed by atoms with Gasteiger partial charge in [0.2, 0.25) is 11.8 Å². The summed E-state index contributed by atoms with van der Waals surface area (Å²) in [6.07, 6.45) is 8.41. The molecule has 1 aromatic heterocycles. The second-order valence-corrected chi connectivity index (χ2v) is 6.01. The molecule has 0 aromatic carbocycles. The number of aryl methyl sites for hydroxylation is 1. The molecule has 0 aliphatic carbocycles. The minimum absolute atomic E-state index is 0. The molecule has 1 aromatic rings. The normalized spacial score (nSPS) is 16.0. The van der Waals surface area contributed by atoms with Gasteiger partial charge in [0.15, 0.2) is 0 Å². The highest BCUT2D eigenvalue weighted by Crippen LogP contribution is 2.12. The lowest BCUT2D eigenvalue weighted by Gasteiger charge is -2.20. The monoisotopic (exact) mass is 357 g/mol. The zero-order valence-electron chi connectivity index (χ0n) is 14.5. The third-order valence-corrected chi connectivity index (χ3v) is 4.21. The molecule has 8 heteroatoms. The van der Waals surface area contributed by atoms with Crippen molar-refractivity contribution >= 4 is 24.2 Å². The zero-order chi connectivity index (χ0) is 16.7. The van der Waals surface area contributed by atoms with E-state index in [1.165, 1.54) is 12.8 Å². The highest BCUT2D eigenvalue weighted by molar-refractivity contribution is 5.85. The maximum atomic E-state index is 12.3. The summed E-state index contributed by atoms with van der Waals surface area (Å²) in [5, 5.41) is 9.90. The summed E-state index contributed by atoms with van der Waals surface area (Å²) in [4.78, 5) is 26.4. The van der Waals surface area contributed by atoms with Crippen molar-refractivity contribution in [2.75, 3.05) is 26.7 Å². The van der Waals surface area contributed by atoms with Crippen molar-refractivity contribution in [2.45, 2.75) is 38.1 Å². The molecule has 1 unspecified atom stereocenters. The first-order chi connectivity index (χ1) is 11.1. The molecule has 136 valence electrons. The minimum atomic E-state index is -0.447. The van der Waals surface area contributed by atoms with E-state index in [0.29, 0.717) is 13.0 Å². The summed E-state index contributed by atoms with van der Waals surface area (Å²) in [6.45, 7) is 2.07. The minimum Gasteiger partial charge on any atom is -0.354 e. The number of nitrogens with zero attached hydrogens (tertiary/aromatic N) is 3. The van der Waals surface area contributed by atoms with Gasteiger partial charge in [0, 0.05) is 44.9 Å². The second-order valence-electron chi connectivity index (χ2n) is 6.01. The summed E-state index contributed by atoms with van der Waals surface area (Å²) in [6, 6.07) is -0.447. The maximum Gasteiger partial charge on any atom is 0.241 e. The van der Waals surface area contributed by atoms with Crippen LogP contribution in [0.4, 0.5) is 0 Å². The summed E-state index contributed by atoms with van der Waals surface area (Å²) in [5.41, 5.74) is 0.811. The quantitative estimate of drug-likeness (QED) is 0.796. The summed E-state index contributed by atoms with van der Waals surface area (Å²) < 4.78 is 1.66. The summed E-state index contributed by atoms with van der Waals surface area (Å²) >= 11 is 0. The van der Waals surface area contributed by atoms with Crippen LogP contribution in [0.3, 0.4) is 0 Å². The lowest BCUT2D eigenvalue weighted by Crippen LogP contribution is -2.39. The topological polar surface area (TPSA) is 79.3 Å². The molecule has 1 fully saturated rings. The van der Waals surface area contributed by atoms with Gasteiger partial charge in [-0.25, -0.2) is 0 Å². The first-order valence-corrected chi connectivity index (χ1v) is 8.33. The molecule has 0 bridgehead atoms. The molecule has 2 heterocycles. The number of likely N-dealkylation sites (N-methyl/N-ethyl adjacent to an activating group) is 1. The predicted molar refractivity (Wildman–Crippen MR) is 94.9 cm³/mol. The lowest BCUT2D eigenvalue weighted by atomic mass is 10.1. The maximum absolute atomic E-state index is 12.3. The van der Waals surface area contributed by atoms with Crippen molar-refractivity contribution < 1.29 is 9.59 Å². The summed E-state index contributed by atoms with van der Waals surface area (Å²) in [5.74, 6) is -0.00116. The Kier molecular flexibility index (Phi) is 8.78. The molecule has 2 amide bonds. The Hall–Kier alpha value is -1.60. The van der Waals surface area contributed by atoms with Gasteiger partial charge in [-0.05, 0) is 19.9 Å². The van der Waals surface area contributed by atoms with Crippen LogP contribution in [0, 0.1) is 0 Å². The lowest BCUT2D eigenvalue weighted by molar-refractivity contribution is -0.131. The number of hydrogen-bond acceptors (Lipinski definition) is 4. The van der Waals surface area contributed by atoms with Crippen LogP contribution in [-0.2, 0) is 16.6 Å². The van der Waals surface area contributed by atoms with Crippen LogP contribution in [0.2, 0.25) is 0 Å². The van der Waals surface area contributed by atoms with Gasteiger partial charge in [-0.15, -0.1) is 12.4 Å². The van der Waals surface area contributed by atoms with E-state index in [1.807, 2.05) is 18.1 Å². The smallest absolute Gasteiger partial charge is 0.241 e. The van der Waals surface area contributed by atoms with Gasteiger partial charge in [0.05, 0.1) is 6.20 Å². The predicted octanol–water partition coefficient (Wildman–Crippen LogP) is 1.01. The fourth-order valence-corrected chi connectivity index (χ4v) is 2.91. The second kappa shape index (κ2) is 10.3. The molecule has 2 rings (SSSR count). The first-order valence-electron chi connectivity index (χ1n) is 8.33. The fourth-order valence-electron chi connectivity index (χ4n) is 2.91. The number of carbonyl (C=O) groups is 2. The van der Waals surface area contributed by atoms with Crippen LogP contribution in [0.25, 0.3) is 0 Å². The molecular weight excluding hydrogens is 330 g/mol. The third kappa shape index (κ3) is 5.79. The van der Waals surface area contributed by atoms with Crippen LogP contribution in [-0.4, -0.2) is 53.2 Å². The number of carbonyl (C=O) groups excluding carboxylic acids is 2. The molecule has 24 heavy (non-hydrogen) atoms. The van der Waals surface area contributed by atoms with Gasteiger partial charge in [-0.3, -0.25) is 14.3 Å². The Bertz CT molecular complexity index is 526. The number of aromatic nitrogens is 2. The van der Waals surface area contributed by atoms with E-state index in [-0.39, 0.29) is 24.2 Å². The van der Waals surface area contributed by atoms with Gasteiger partial charge >= 0.3 is 0 Å². The van der Waals surface area contributed by atoms with Crippen molar-refractivity contribution in [3.63, 3.8) is 0 Å². The van der Waals surface area contributed by atoms with E-state index in [0.717, 1.165) is 31.5 Å². The van der Waals surface area contributed by atoms with E-state index < -0.39 is 6.04 Å². The van der Waals surface area contributed by atoms with Gasteiger partial charge in [0.1, 0.15) is 6.04 Å². The number of nitrogens with one attached hydrogen (secondary N) is 2. The van der Waals surface area contributed by atoms with Crippen LogP contribution < -0.4 is 10.6 Å². The van der Waals surface area contributed by atoms with Crippen LogP contribution in [0.5, 0.6) is 0 Å². The molecule has 1 aliphatic rings. The van der Waals surface area contributed by atoms with Crippen LogP contribution in [0.1, 0.15) is 43.7 Å². The molecule has 7 nitrogen and oxygen atoms in total. The fraction of sp³-hybridized carbons (Fsp3) is 0.688. The average Bonchev–Trinajstić information content (AvgIpc) is 2.78. The van der Waals surface area contributed by atoms with Crippen molar-refractivity contribution in [2.24, 2.45) is 7.05 Å². The number of hydrogen-bond donors (Lipinski definition) is 2. The Balaban J connectivity index is 0.00000288. The van der Waals surface area contributed by atoms with Crippen molar-refractivity contribution in [3.8, 4) is 0 Å². The zero-order valence-corrected chi connectivity index (χ0v) is 15.3. The van der Waals surface area contributed by atoms with Gasteiger partial charge < -0.3 is 15.5 Å². The Morgan fingerprint density at radius 3 is 2.46 bits per heavy atom. The van der Waals surface area contributed by atoms with Crippen LogP contribution in [0.15, 0.2) is 12.4 Å². The number of rotatable bonds is 6. The largest absolute Gasteiger partial charge is 0.354 e. The molecular formula is C16H28ClN5O2. The van der Waals surface area contributed by atoms with Crippen LogP contribution >= 0.6 is 12.4 Å². The molecule has 0 radical (unpaired) electrons. The number of halogens is 1. The average molecular weight is 358 g/mol. The number of likely N-dealkylation sites (tertiary alicyclic amines) is 1. The third-order valence-electron chi connectivity index (χ3n) is 4.21. The van der Waals surface area contributed by atoms with E-state index in [1.54, 1.807) is 17.9 Å².